The van der Waals surface area contributed by atoms with Crippen LogP contribution in [0.2, 0.25) is 0 Å². The first-order valence-corrected chi connectivity index (χ1v) is 7.53. The molecule has 0 spiro atoms. The molecule has 1 aromatic carbocycles. The summed E-state index contributed by atoms with van der Waals surface area (Å²) in [6.45, 7) is 8.58. The van der Waals surface area contributed by atoms with E-state index < -0.39 is 0 Å². The van der Waals surface area contributed by atoms with E-state index in [-0.39, 0.29) is 0 Å². The van der Waals surface area contributed by atoms with Gasteiger partial charge in [0.15, 0.2) is 0 Å². The molecule has 2 rings (SSSR count). The quantitative estimate of drug-likeness (QED) is 0.765. The van der Waals surface area contributed by atoms with Gasteiger partial charge in [-0.05, 0) is 24.1 Å². The Balaban J connectivity index is 1.80. The molecule has 3 nitrogen and oxygen atoms in total. The molecule has 3 heteroatoms. The maximum Gasteiger partial charge on any atom is 0.119 e. The Morgan fingerprint density at radius 1 is 1.21 bits per heavy atom. The van der Waals surface area contributed by atoms with Crippen LogP contribution in [0.5, 0.6) is 5.75 Å². The topological polar surface area (TPSA) is 24.5 Å². The van der Waals surface area contributed by atoms with Gasteiger partial charge in [0.05, 0.1) is 6.61 Å². The normalized spacial score (nSPS) is 16.5. The fourth-order valence-electron chi connectivity index (χ4n) is 2.40. The smallest absolute Gasteiger partial charge is 0.119 e. The third-order valence-corrected chi connectivity index (χ3v) is 3.53. The molecule has 1 aliphatic rings. The molecule has 0 unspecified atom stereocenters. The van der Waals surface area contributed by atoms with E-state index in [1.807, 2.05) is 0 Å². The summed E-state index contributed by atoms with van der Waals surface area (Å²) in [5, 5.41) is 3.39. The van der Waals surface area contributed by atoms with Crippen LogP contribution in [0.3, 0.4) is 0 Å². The minimum Gasteiger partial charge on any atom is -0.494 e. The lowest BCUT2D eigenvalue weighted by Crippen LogP contribution is -2.42. The van der Waals surface area contributed by atoms with Crippen molar-refractivity contribution in [1.82, 2.24) is 10.2 Å². The van der Waals surface area contributed by atoms with E-state index in [0.29, 0.717) is 0 Å². The van der Waals surface area contributed by atoms with Crippen LogP contribution in [-0.4, -0.2) is 37.7 Å². The van der Waals surface area contributed by atoms with Gasteiger partial charge in [-0.25, -0.2) is 0 Å². The molecule has 19 heavy (non-hydrogen) atoms. The van der Waals surface area contributed by atoms with Crippen LogP contribution in [0.1, 0.15) is 31.7 Å². The fourth-order valence-corrected chi connectivity index (χ4v) is 2.40. The number of benzene rings is 1. The fraction of sp³-hybridized carbons (Fsp3) is 0.625. The summed E-state index contributed by atoms with van der Waals surface area (Å²) in [4.78, 5) is 2.49. The molecule has 1 fully saturated rings. The van der Waals surface area contributed by atoms with Crippen molar-refractivity contribution in [1.29, 1.82) is 0 Å². The van der Waals surface area contributed by atoms with Gasteiger partial charge in [0, 0.05) is 32.7 Å². The first-order valence-electron chi connectivity index (χ1n) is 7.53. The van der Waals surface area contributed by atoms with E-state index >= 15 is 0 Å². The van der Waals surface area contributed by atoms with Crippen molar-refractivity contribution in [2.24, 2.45) is 0 Å². The molecule has 106 valence electrons. The van der Waals surface area contributed by atoms with Crippen molar-refractivity contribution in [2.45, 2.75) is 32.7 Å². The van der Waals surface area contributed by atoms with Gasteiger partial charge >= 0.3 is 0 Å². The van der Waals surface area contributed by atoms with Crippen LogP contribution in [0.25, 0.3) is 0 Å². The largest absolute Gasteiger partial charge is 0.494 e. The standard InChI is InChI=1S/C16H26N2O/c1-2-3-4-12-19-16-7-5-6-15(13-16)14-18-10-8-17-9-11-18/h5-7,13,17H,2-4,8-12,14H2,1H3. The molecule has 1 saturated heterocycles. The SMILES string of the molecule is CCCCCOc1cccc(CN2CCNCC2)c1. The molecule has 1 aliphatic heterocycles. The molecule has 1 N–H and O–H groups in total. The molecule has 0 aliphatic carbocycles. The number of piperazine rings is 1. The predicted molar refractivity (Wildman–Crippen MR) is 79.6 cm³/mol. The van der Waals surface area contributed by atoms with E-state index in [0.717, 1.165) is 51.5 Å². The van der Waals surface area contributed by atoms with Crippen LogP contribution >= 0.6 is 0 Å². The first-order chi connectivity index (χ1) is 9.38. The second kappa shape index (κ2) is 8.18. The van der Waals surface area contributed by atoms with Gasteiger partial charge in [-0.15, -0.1) is 0 Å². The number of unbranched alkanes of at least 4 members (excludes halogenated alkanes) is 2. The molecule has 0 amide bonds. The monoisotopic (exact) mass is 262 g/mol. The summed E-state index contributed by atoms with van der Waals surface area (Å²) in [7, 11) is 0. The second-order valence-electron chi connectivity index (χ2n) is 5.23. The Labute approximate surface area is 116 Å². The molecule has 0 radical (unpaired) electrons. The Morgan fingerprint density at radius 2 is 2.05 bits per heavy atom. The summed E-state index contributed by atoms with van der Waals surface area (Å²) in [6, 6.07) is 8.55. The summed E-state index contributed by atoms with van der Waals surface area (Å²) in [5.74, 6) is 1.02. The molecule has 0 atom stereocenters. The second-order valence-corrected chi connectivity index (χ2v) is 5.23. The summed E-state index contributed by atoms with van der Waals surface area (Å²) in [6.07, 6.45) is 3.64. The van der Waals surface area contributed by atoms with Crippen LogP contribution < -0.4 is 10.1 Å². The van der Waals surface area contributed by atoms with Crippen molar-refractivity contribution in [3.8, 4) is 5.75 Å². The average molecular weight is 262 g/mol. The first kappa shape index (κ1) is 14.4. The zero-order valence-corrected chi connectivity index (χ0v) is 12.0. The van der Waals surface area contributed by atoms with E-state index in [1.54, 1.807) is 0 Å². The highest BCUT2D eigenvalue weighted by atomic mass is 16.5. The van der Waals surface area contributed by atoms with Crippen molar-refractivity contribution in [2.75, 3.05) is 32.8 Å². The molecule has 1 heterocycles. The summed E-state index contributed by atoms with van der Waals surface area (Å²) in [5.41, 5.74) is 1.36. The van der Waals surface area contributed by atoms with Gasteiger partial charge in [0.2, 0.25) is 0 Å². The van der Waals surface area contributed by atoms with Gasteiger partial charge in [0.25, 0.3) is 0 Å². The predicted octanol–water partition coefficient (Wildman–Crippen LogP) is 2.66. The lowest BCUT2D eigenvalue weighted by molar-refractivity contribution is 0.232. The minimum absolute atomic E-state index is 0.838. The maximum absolute atomic E-state index is 5.81. The zero-order valence-electron chi connectivity index (χ0n) is 12.0. The van der Waals surface area contributed by atoms with E-state index in [9.17, 15) is 0 Å². The van der Waals surface area contributed by atoms with Crippen LogP contribution in [0.4, 0.5) is 0 Å². The number of nitrogens with zero attached hydrogens (tertiary/aromatic N) is 1. The van der Waals surface area contributed by atoms with Gasteiger partial charge in [0.1, 0.15) is 5.75 Å². The van der Waals surface area contributed by atoms with E-state index in [1.165, 1.54) is 18.4 Å². The third-order valence-electron chi connectivity index (χ3n) is 3.53. The summed E-state index contributed by atoms with van der Waals surface area (Å²) >= 11 is 0. The Kier molecular flexibility index (Phi) is 6.18. The van der Waals surface area contributed by atoms with Crippen LogP contribution in [0, 0.1) is 0 Å². The Hall–Kier alpha value is -1.06. The van der Waals surface area contributed by atoms with Crippen molar-refractivity contribution in [3.05, 3.63) is 29.8 Å². The van der Waals surface area contributed by atoms with Gasteiger partial charge in [-0.1, -0.05) is 31.9 Å². The molecular formula is C16H26N2O. The van der Waals surface area contributed by atoms with Crippen LogP contribution in [0.15, 0.2) is 24.3 Å². The molecule has 0 saturated carbocycles. The third kappa shape index (κ3) is 5.21. The highest BCUT2D eigenvalue weighted by Crippen LogP contribution is 2.15. The summed E-state index contributed by atoms with van der Waals surface area (Å²) < 4.78 is 5.81. The number of hydrogen-bond donors (Lipinski definition) is 1. The van der Waals surface area contributed by atoms with E-state index in [2.05, 4.69) is 41.4 Å². The van der Waals surface area contributed by atoms with Crippen molar-refractivity contribution in [3.63, 3.8) is 0 Å². The van der Waals surface area contributed by atoms with Crippen molar-refractivity contribution >= 4 is 0 Å². The number of rotatable bonds is 7. The van der Waals surface area contributed by atoms with Gasteiger partial charge in [-0.3, -0.25) is 4.90 Å². The number of nitrogens with one attached hydrogen (secondary N) is 1. The maximum atomic E-state index is 5.81. The molecular weight excluding hydrogens is 236 g/mol. The number of hydrogen-bond acceptors (Lipinski definition) is 3. The Morgan fingerprint density at radius 3 is 2.84 bits per heavy atom. The zero-order chi connectivity index (χ0) is 13.3. The highest BCUT2D eigenvalue weighted by Gasteiger charge is 2.09. The lowest BCUT2D eigenvalue weighted by Gasteiger charge is -2.27. The minimum atomic E-state index is 0.838. The average Bonchev–Trinajstić information content (AvgIpc) is 2.45. The van der Waals surface area contributed by atoms with Gasteiger partial charge < -0.3 is 10.1 Å². The molecule has 1 aromatic rings. The van der Waals surface area contributed by atoms with E-state index in [4.69, 9.17) is 4.74 Å². The Bertz CT molecular complexity index is 362. The van der Waals surface area contributed by atoms with Gasteiger partial charge in [-0.2, -0.15) is 0 Å². The van der Waals surface area contributed by atoms with Crippen LogP contribution in [-0.2, 0) is 6.54 Å². The molecule has 0 aromatic heterocycles. The number of ether oxygens (including phenoxy) is 1. The lowest BCUT2D eigenvalue weighted by atomic mass is 10.2. The van der Waals surface area contributed by atoms with Crippen molar-refractivity contribution < 1.29 is 4.74 Å². The highest BCUT2D eigenvalue weighted by molar-refractivity contribution is 5.28. The molecule has 0 bridgehead atoms.